The normalized spacial score (nSPS) is 38.9. The van der Waals surface area contributed by atoms with E-state index >= 15 is 0 Å². The van der Waals surface area contributed by atoms with Crippen molar-refractivity contribution in [1.29, 1.82) is 0 Å². The van der Waals surface area contributed by atoms with E-state index < -0.39 is 0 Å². The molecule has 7 nitrogen and oxygen atoms in total. The van der Waals surface area contributed by atoms with E-state index in [1.165, 1.54) is 44.9 Å². The Balaban J connectivity index is 1.05. The predicted molar refractivity (Wildman–Crippen MR) is 169 cm³/mol. The highest BCUT2D eigenvalue weighted by atomic mass is 79.9. The molecule has 6 rings (SSSR count). The maximum absolute atomic E-state index is 6.77. The molecule has 4 unspecified atom stereocenters. The number of hydrogen-bond acceptors (Lipinski definition) is 7. The van der Waals surface area contributed by atoms with E-state index in [-0.39, 0.29) is 43.3 Å². The summed E-state index contributed by atoms with van der Waals surface area (Å²) in [7, 11) is 0. The first-order chi connectivity index (χ1) is 21.2. The largest absolute Gasteiger partial charge is 0.373 e. The Morgan fingerprint density at radius 1 is 0.744 bits per heavy atom. The molecule has 4 saturated heterocycles. The minimum absolute atomic E-state index is 0.0130. The highest BCUT2D eigenvalue weighted by molar-refractivity contribution is 9.09. The fraction of sp³-hybridized carbons (Fsp3) is 0.943. The summed E-state index contributed by atoms with van der Waals surface area (Å²) in [6, 6.07) is 0. The fourth-order valence-electron chi connectivity index (χ4n) is 8.27. The van der Waals surface area contributed by atoms with Gasteiger partial charge in [-0.2, -0.15) is 0 Å². The van der Waals surface area contributed by atoms with E-state index in [1.807, 2.05) is 0 Å². The Kier molecular flexibility index (Phi) is 13.1. The molecular formula is C35H57BrO7. The summed E-state index contributed by atoms with van der Waals surface area (Å²) in [4.78, 5) is 0.368. The zero-order chi connectivity index (χ0) is 29.3. The monoisotopic (exact) mass is 668 g/mol. The van der Waals surface area contributed by atoms with E-state index in [0.717, 1.165) is 97.1 Å². The quantitative estimate of drug-likeness (QED) is 0.106. The highest BCUT2D eigenvalue weighted by Crippen LogP contribution is 2.48. The minimum Gasteiger partial charge on any atom is -0.373 e. The molecule has 10 atom stereocenters. The average molecular weight is 670 g/mol. The van der Waals surface area contributed by atoms with E-state index in [9.17, 15) is 0 Å². The lowest BCUT2D eigenvalue weighted by atomic mass is 9.88. The van der Waals surface area contributed by atoms with Crippen LogP contribution in [0.2, 0.25) is 0 Å². The summed E-state index contributed by atoms with van der Waals surface area (Å²) in [5, 5.41) is 0. The van der Waals surface area contributed by atoms with Crippen molar-refractivity contribution in [3.8, 4) is 0 Å². The maximum Gasteiger partial charge on any atom is 0.158 e. The maximum atomic E-state index is 6.77. The lowest BCUT2D eigenvalue weighted by Crippen LogP contribution is -2.33. The molecule has 43 heavy (non-hydrogen) atoms. The molecule has 0 spiro atoms. The molecule has 4 aliphatic heterocycles. The van der Waals surface area contributed by atoms with Gasteiger partial charge in [-0.1, -0.05) is 40.9 Å². The summed E-state index contributed by atoms with van der Waals surface area (Å²) in [5.74, 6) is 1.38. The summed E-state index contributed by atoms with van der Waals surface area (Å²) in [6.07, 6.45) is 26.1. The van der Waals surface area contributed by atoms with Crippen molar-refractivity contribution in [2.45, 2.75) is 164 Å². The van der Waals surface area contributed by atoms with E-state index in [2.05, 4.69) is 28.1 Å². The van der Waals surface area contributed by atoms with Crippen LogP contribution in [0.25, 0.3) is 0 Å². The molecule has 4 heterocycles. The van der Waals surface area contributed by atoms with Gasteiger partial charge in [-0.3, -0.25) is 0 Å². The number of halogens is 1. The number of rotatable bonds is 14. The van der Waals surface area contributed by atoms with E-state index in [4.69, 9.17) is 33.2 Å². The van der Waals surface area contributed by atoms with Crippen LogP contribution in [0, 0.1) is 17.8 Å². The first kappa shape index (κ1) is 32.9. The molecule has 2 aliphatic carbocycles. The standard InChI is InChI=1S/C35H57BrO7/c36-28(13-3-7-19-37-33-14-4-8-20-38-33)32-23-27-26(30(24-31(27)41-32)43-35-16-6-10-22-40-35)17-18-29(25-11-1-2-12-25)42-34-15-5-9-21-39-34/h17-18,25-35H,1-16,19-24H2/t26-,27-,28?,29-,30-,31-,32-,33?,34?,35?/m1/s1. The van der Waals surface area contributed by atoms with Gasteiger partial charge in [-0.05, 0) is 108 Å². The van der Waals surface area contributed by atoms with Crippen LogP contribution < -0.4 is 0 Å². The zero-order valence-corrected chi connectivity index (χ0v) is 27.9. The van der Waals surface area contributed by atoms with Gasteiger partial charge in [0.15, 0.2) is 18.9 Å². The third kappa shape index (κ3) is 9.50. The molecule has 2 saturated carbocycles. The number of fused-ring (bicyclic) bond motifs is 1. The van der Waals surface area contributed by atoms with E-state index in [0.29, 0.717) is 22.6 Å². The molecule has 0 aromatic carbocycles. The second kappa shape index (κ2) is 17.2. The average Bonchev–Trinajstić information content (AvgIpc) is 3.79. The van der Waals surface area contributed by atoms with Crippen LogP contribution >= 0.6 is 15.9 Å². The van der Waals surface area contributed by atoms with Crippen molar-refractivity contribution in [1.82, 2.24) is 0 Å². The van der Waals surface area contributed by atoms with Crippen LogP contribution in [-0.2, 0) is 33.2 Å². The predicted octanol–water partition coefficient (Wildman–Crippen LogP) is 7.83. The smallest absolute Gasteiger partial charge is 0.158 e. The summed E-state index contributed by atoms with van der Waals surface area (Å²) in [6.45, 7) is 3.26. The number of alkyl halides is 1. The number of ether oxygens (including phenoxy) is 7. The van der Waals surface area contributed by atoms with Gasteiger partial charge in [0.2, 0.25) is 0 Å². The van der Waals surface area contributed by atoms with Crippen LogP contribution in [0.1, 0.15) is 116 Å². The van der Waals surface area contributed by atoms with Gasteiger partial charge in [0.1, 0.15) is 0 Å². The van der Waals surface area contributed by atoms with Gasteiger partial charge < -0.3 is 33.2 Å². The Morgan fingerprint density at radius 3 is 2.12 bits per heavy atom. The van der Waals surface area contributed by atoms with Crippen molar-refractivity contribution in [2.75, 3.05) is 26.4 Å². The Hall–Kier alpha value is -0.0600. The van der Waals surface area contributed by atoms with Crippen LogP contribution in [-0.4, -0.2) is 74.5 Å². The fourth-order valence-corrected chi connectivity index (χ4v) is 8.94. The third-order valence-electron chi connectivity index (χ3n) is 10.7. The van der Waals surface area contributed by atoms with Gasteiger partial charge in [0.05, 0.1) is 24.4 Å². The summed E-state index contributed by atoms with van der Waals surface area (Å²) in [5.41, 5.74) is 0. The lowest BCUT2D eigenvalue weighted by Gasteiger charge is -2.31. The van der Waals surface area contributed by atoms with Crippen molar-refractivity contribution in [3.63, 3.8) is 0 Å². The number of unbranched alkanes of at least 4 members (excludes halogenated alkanes) is 1. The molecule has 0 bridgehead atoms. The molecular weight excluding hydrogens is 612 g/mol. The molecule has 0 radical (unpaired) electrons. The molecule has 0 aromatic heterocycles. The molecule has 0 amide bonds. The molecule has 0 N–H and O–H groups in total. The number of hydrogen-bond donors (Lipinski definition) is 0. The van der Waals surface area contributed by atoms with Gasteiger partial charge in [0, 0.05) is 43.6 Å². The topological polar surface area (TPSA) is 64.6 Å². The first-order valence-electron chi connectivity index (χ1n) is 18.0. The van der Waals surface area contributed by atoms with Gasteiger partial charge in [-0.25, -0.2) is 0 Å². The molecule has 246 valence electrons. The van der Waals surface area contributed by atoms with E-state index in [1.54, 1.807) is 0 Å². The van der Waals surface area contributed by atoms with Crippen molar-refractivity contribution < 1.29 is 33.2 Å². The van der Waals surface area contributed by atoms with Crippen LogP contribution in [0.15, 0.2) is 12.2 Å². The molecule has 6 aliphatic rings. The Morgan fingerprint density at radius 2 is 1.42 bits per heavy atom. The SMILES string of the molecule is BrC(CCCCOC1CCCCO1)[C@H]1C[C@@H]2[C@@H](C=C[C@@H](OC3CCCCO3)C3CCCC3)[C@H](OC3CCCCO3)C[C@H]2O1. The lowest BCUT2D eigenvalue weighted by molar-refractivity contribution is -0.194. The summed E-state index contributed by atoms with van der Waals surface area (Å²) < 4.78 is 43.8. The van der Waals surface area contributed by atoms with Crippen molar-refractivity contribution >= 4 is 15.9 Å². The van der Waals surface area contributed by atoms with Gasteiger partial charge in [-0.15, -0.1) is 0 Å². The molecule has 8 heteroatoms. The Labute approximate surface area is 268 Å². The summed E-state index contributed by atoms with van der Waals surface area (Å²) >= 11 is 4.02. The molecule has 0 aromatic rings. The molecule has 6 fully saturated rings. The Bertz CT molecular complexity index is 819. The van der Waals surface area contributed by atoms with Crippen LogP contribution in [0.3, 0.4) is 0 Å². The second-order valence-electron chi connectivity index (χ2n) is 13.9. The van der Waals surface area contributed by atoms with Crippen LogP contribution in [0.5, 0.6) is 0 Å². The minimum atomic E-state index is -0.0769. The third-order valence-corrected chi connectivity index (χ3v) is 11.8. The van der Waals surface area contributed by atoms with Crippen molar-refractivity contribution in [2.24, 2.45) is 17.8 Å². The highest BCUT2D eigenvalue weighted by Gasteiger charge is 2.51. The van der Waals surface area contributed by atoms with Gasteiger partial charge >= 0.3 is 0 Å². The second-order valence-corrected chi connectivity index (χ2v) is 15.1. The van der Waals surface area contributed by atoms with Gasteiger partial charge in [0.25, 0.3) is 0 Å². The zero-order valence-electron chi connectivity index (χ0n) is 26.3. The van der Waals surface area contributed by atoms with Crippen LogP contribution in [0.4, 0.5) is 0 Å². The van der Waals surface area contributed by atoms with Crippen molar-refractivity contribution in [3.05, 3.63) is 12.2 Å². The first-order valence-corrected chi connectivity index (χ1v) is 18.9.